The molecule has 0 heterocycles. The van der Waals surface area contributed by atoms with Crippen molar-refractivity contribution in [2.24, 2.45) is 0 Å². The van der Waals surface area contributed by atoms with Crippen LogP contribution in [0.4, 0.5) is 13.2 Å². The van der Waals surface area contributed by atoms with E-state index in [4.69, 9.17) is 4.74 Å². The first-order valence-electron chi connectivity index (χ1n) is 7.57. The smallest absolute Gasteiger partial charge is 0.484 e. The van der Waals surface area contributed by atoms with Gasteiger partial charge >= 0.3 is 6.36 Å². The molecular weight excluding hydrogens is 335 g/mol. The molecule has 134 valence electrons. The van der Waals surface area contributed by atoms with Crippen LogP contribution >= 0.6 is 0 Å². The molecule has 0 aromatic heterocycles. The third-order valence-electron chi connectivity index (χ3n) is 3.35. The van der Waals surface area contributed by atoms with Crippen molar-refractivity contribution in [1.82, 2.24) is 5.32 Å². The Hall–Kier alpha value is -2.70. The third kappa shape index (κ3) is 6.37. The summed E-state index contributed by atoms with van der Waals surface area (Å²) in [7, 11) is 0. The molecule has 1 unspecified atom stereocenters. The second-order valence-electron chi connectivity index (χ2n) is 5.51. The van der Waals surface area contributed by atoms with Gasteiger partial charge in [0.05, 0.1) is 6.04 Å². The Bertz CT molecular complexity index is 714. The quantitative estimate of drug-likeness (QED) is 0.849. The second-order valence-corrected chi connectivity index (χ2v) is 5.51. The number of benzene rings is 2. The number of carbonyl (C=O) groups excluding carboxylic acids is 1. The fourth-order valence-corrected chi connectivity index (χ4v) is 2.18. The fourth-order valence-electron chi connectivity index (χ4n) is 2.18. The van der Waals surface area contributed by atoms with Crippen molar-refractivity contribution in [3.63, 3.8) is 0 Å². The molecule has 1 amide bonds. The summed E-state index contributed by atoms with van der Waals surface area (Å²) in [6.07, 6.45) is -4.73. The molecule has 0 fully saturated rings. The number of rotatable bonds is 6. The van der Waals surface area contributed by atoms with E-state index in [0.717, 1.165) is 5.56 Å². The number of halogens is 3. The summed E-state index contributed by atoms with van der Waals surface area (Å²) < 4.78 is 45.6. The number of hydrogen-bond donors (Lipinski definition) is 1. The van der Waals surface area contributed by atoms with E-state index in [2.05, 4.69) is 10.1 Å². The van der Waals surface area contributed by atoms with Gasteiger partial charge in [-0.15, -0.1) is 13.2 Å². The van der Waals surface area contributed by atoms with Gasteiger partial charge < -0.3 is 14.8 Å². The van der Waals surface area contributed by atoms with Crippen LogP contribution in [-0.2, 0) is 4.79 Å². The number of ether oxygens (including phenoxy) is 2. The van der Waals surface area contributed by atoms with Crippen LogP contribution in [0.25, 0.3) is 0 Å². The molecule has 7 heteroatoms. The number of hydrogen-bond acceptors (Lipinski definition) is 3. The van der Waals surface area contributed by atoms with Crippen LogP contribution in [0.2, 0.25) is 0 Å². The van der Waals surface area contributed by atoms with Crippen molar-refractivity contribution in [3.8, 4) is 11.5 Å². The first-order valence-corrected chi connectivity index (χ1v) is 7.57. The lowest BCUT2D eigenvalue weighted by Gasteiger charge is -2.16. The lowest BCUT2D eigenvalue weighted by molar-refractivity contribution is -0.274. The topological polar surface area (TPSA) is 47.6 Å². The molecule has 0 aliphatic heterocycles. The molecule has 25 heavy (non-hydrogen) atoms. The maximum absolute atomic E-state index is 12.1. The molecule has 0 saturated heterocycles. The summed E-state index contributed by atoms with van der Waals surface area (Å²) in [4.78, 5) is 11.9. The van der Waals surface area contributed by atoms with Gasteiger partial charge in [0.1, 0.15) is 11.5 Å². The summed E-state index contributed by atoms with van der Waals surface area (Å²) >= 11 is 0. The first-order chi connectivity index (χ1) is 11.7. The Balaban J connectivity index is 1.86. The van der Waals surface area contributed by atoms with Crippen LogP contribution in [0.15, 0.2) is 48.5 Å². The highest BCUT2D eigenvalue weighted by Crippen LogP contribution is 2.24. The summed E-state index contributed by atoms with van der Waals surface area (Å²) in [6, 6.07) is 12.3. The van der Waals surface area contributed by atoms with E-state index in [1.165, 1.54) is 24.3 Å². The first kappa shape index (κ1) is 18.6. The lowest BCUT2D eigenvalue weighted by Crippen LogP contribution is -2.31. The zero-order valence-corrected chi connectivity index (χ0v) is 13.8. The van der Waals surface area contributed by atoms with Gasteiger partial charge in [0.25, 0.3) is 5.91 Å². The molecule has 2 rings (SSSR count). The second kappa shape index (κ2) is 7.92. The van der Waals surface area contributed by atoms with Crippen molar-refractivity contribution in [2.75, 3.05) is 6.61 Å². The molecule has 1 atom stereocenters. The van der Waals surface area contributed by atoms with Gasteiger partial charge in [-0.3, -0.25) is 4.79 Å². The van der Waals surface area contributed by atoms with E-state index in [1.54, 1.807) is 13.0 Å². The predicted molar refractivity (Wildman–Crippen MR) is 86.4 cm³/mol. The Kier molecular flexibility index (Phi) is 5.90. The van der Waals surface area contributed by atoms with Gasteiger partial charge in [0.15, 0.2) is 6.61 Å². The molecule has 0 aliphatic rings. The Labute approximate surface area is 143 Å². The lowest BCUT2D eigenvalue weighted by atomic mass is 10.1. The maximum Gasteiger partial charge on any atom is 0.573 e. The third-order valence-corrected chi connectivity index (χ3v) is 3.35. The predicted octanol–water partition coefficient (Wildman–Crippen LogP) is 4.15. The average Bonchev–Trinajstić information content (AvgIpc) is 2.52. The number of alkyl halides is 3. The van der Waals surface area contributed by atoms with Crippen LogP contribution in [-0.4, -0.2) is 18.9 Å². The highest BCUT2D eigenvalue weighted by molar-refractivity contribution is 5.78. The number of carbonyl (C=O) groups is 1. The zero-order valence-electron chi connectivity index (χ0n) is 13.8. The van der Waals surface area contributed by atoms with E-state index in [9.17, 15) is 18.0 Å². The Morgan fingerprint density at radius 3 is 2.40 bits per heavy atom. The highest BCUT2D eigenvalue weighted by Gasteiger charge is 2.31. The van der Waals surface area contributed by atoms with Gasteiger partial charge in [-0.25, -0.2) is 0 Å². The minimum atomic E-state index is -4.73. The summed E-state index contributed by atoms with van der Waals surface area (Å²) in [5.41, 5.74) is 1.67. The minimum Gasteiger partial charge on any atom is -0.484 e. The molecule has 1 N–H and O–H groups in total. The summed E-state index contributed by atoms with van der Waals surface area (Å²) in [5, 5.41) is 2.72. The molecule has 4 nitrogen and oxygen atoms in total. The maximum atomic E-state index is 12.1. The van der Waals surface area contributed by atoms with Gasteiger partial charge in [-0.2, -0.15) is 0 Å². The van der Waals surface area contributed by atoms with Crippen LogP contribution in [0.5, 0.6) is 11.5 Å². The van der Waals surface area contributed by atoms with Crippen molar-refractivity contribution in [3.05, 3.63) is 59.7 Å². The summed E-state index contributed by atoms with van der Waals surface area (Å²) in [6.45, 7) is 3.49. The zero-order chi connectivity index (χ0) is 18.4. The molecule has 0 bridgehead atoms. The number of nitrogens with one attached hydrogen (secondary N) is 1. The molecule has 0 spiro atoms. The van der Waals surface area contributed by atoms with Crippen LogP contribution in [0, 0.1) is 6.92 Å². The van der Waals surface area contributed by atoms with Crippen molar-refractivity contribution in [1.29, 1.82) is 0 Å². The molecule has 0 radical (unpaired) electrons. The number of amides is 1. The van der Waals surface area contributed by atoms with Gasteiger partial charge in [0, 0.05) is 0 Å². The summed E-state index contributed by atoms with van der Waals surface area (Å²) in [5.74, 6) is -0.0429. The van der Waals surface area contributed by atoms with E-state index < -0.39 is 6.36 Å². The molecule has 0 aliphatic carbocycles. The van der Waals surface area contributed by atoms with Crippen molar-refractivity contribution >= 4 is 5.91 Å². The Morgan fingerprint density at radius 1 is 1.12 bits per heavy atom. The van der Waals surface area contributed by atoms with E-state index >= 15 is 0 Å². The molecule has 0 saturated carbocycles. The number of aryl methyl sites for hydroxylation is 1. The van der Waals surface area contributed by atoms with Crippen molar-refractivity contribution in [2.45, 2.75) is 26.3 Å². The standard InChI is InChI=1S/C18H18F3NO3/c1-12-4-3-5-16(10-12)24-11-17(23)22-13(2)14-6-8-15(9-7-14)25-18(19,20)21/h3-10,13H,11H2,1-2H3,(H,22,23). The van der Waals surface area contributed by atoms with E-state index in [-0.39, 0.29) is 24.3 Å². The highest BCUT2D eigenvalue weighted by atomic mass is 19.4. The van der Waals surface area contributed by atoms with E-state index in [1.807, 2.05) is 25.1 Å². The van der Waals surface area contributed by atoms with Crippen LogP contribution in [0.3, 0.4) is 0 Å². The van der Waals surface area contributed by atoms with Crippen molar-refractivity contribution < 1.29 is 27.4 Å². The van der Waals surface area contributed by atoms with Gasteiger partial charge in [-0.1, -0.05) is 24.3 Å². The minimum absolute atomic E-state index is 0.150. The van der Waals surface area contributed by atoms with Crippen LogP contribution in [0.1, 0.15) is 24.1 Å². The molecular formula is C18H18F3NO3. The normalized spacial score (nSPS) is 12.4. The Morgan fingerprint density at radius 2 is 1.80 bits per heavy atom. The van der Waals surface area contributed by atoms with Crippen LogP contribution < -0.4 is 14.8 Å². The van der Waals surface area contributed by atoms with Gasteiger partial charge in [0.2, 0.25) is 0 Å². The molecule has 2 aromatic rings. The molecule has 2 aromatic carbocycles. The monoisotopic (exact) mass is 353 g/mol. The van der Waals surface area contributed by atoms with E-state index in [0.29, 0.717) is 11.3 Å². The van der Waals surface area contributed by atoms with Gasteiger partial charge in [-0.05, 0) is 49.2 Å². The fraction of sp³-hybridized carbons (Fsp3) is 0.278. The largest absolute Gasteiger partial charge is 0.573 e. The average molecular weight is 353 g/mol. The SMILES string of the molecule is Cc1cccc(OCC(=O)NC(C)c2ccc(OC(F)(F)F)cc2)c1.